The van der Waals surface area contributed by atoms with Gasteiger partial charge >= 0.3 is 5.97 Å². The number of unbranched alkanes of at least 4 members (excludes halogenated alkanes) is 8. The minimum absolute atomic E-state index is 0.0708. The molecular weight excluding hydrogens is 881 g/mol. The van der Waals surface area contributed by atoms with E-state index in [1.807, 2.05) is 30.3 Å². The standard InChI is InChI=1S/C60H54O10/c1-5-7-9-11-13-15-17-19-20-21-22-23-24-25-26-27-28-29-31-33-35-37-42-46-53(61)66-51(56-50(69-60(3,4)70-56)45-41-36-34-32-30-18-16-14-12-10-8-6-2)47-65-59-55(63)54(62)57-52(67-59)48-64-58(68-57)49-43-39-38-40-44-49/h38-40,43-44,50-52,54-59,62-63H,6,8,10,12,14,30,32,34,36,41,45,47-48H2,1-4H3/t50-,51-,52?,54?,55?,56+,57?,58?,59?/m0/s1. The second kappa shape index (κ2) is 33.2. The van der Waals surface area contributed by atoms with Gasteiger partial charge in [-0.05, 0) is 135 Å². The summed E-state index contributed by atoms with van der Waals surface area (Å²) in [6, 6.07) is 9.27. The number of aliphatic hydroxyl groups excluding tert-OH is 2. The minimum atomic E-state index is -1.50. The van der Waals surface area contributed by atoms with E-state index in [1.54, 1.807) is 20.8 Å². The van der Waals surface area contributed by atoms with Gasteiger partial charge in [0.05, 0.1) is 19.3 Å². The van der Waals surface area contributed by atoms with Gasteiger partial charge in [0.2, 0.25) is 0 Å². The van der Waals surface area contributed by atoms with E-state index in [9.17, 15) is 15.0 Å². The monoisotopic (exact) mass is 934 g/mol. The average Bonchev–Trinajstić information content (AvgIpc) is 3.68. The molecule has 0 spiro atoms. The zero-order valence-electron chi connectivity index (χ0n) is 39.9. The Balaban J connectivity index is 1.35. The number of hydrogen-bond acceptors (Lipinski definition) is 10. The summed E-state index contributed by atoms with van der Waals surface area (Å²) in [7, 11) is 0. The molecule has 3 heterocycles. The molecule has 6 unspecified atom stereocenters. The van der Waals surface area contributed by atoms with E-state index in [0.29, 0.717) is 6.42 Å². The molecule has 9 atom stereocenters. The summed E-state index contributed by atoms with van der Waals surface area (Å²) < 4.78 is 42.6. The lowest BCUT2D eigenvalue weighted by molar-refractivity contribution is -0.363. The normalized spacial score (nSPS) is 21.7. The van der Waals surface area contributed by atoms with Crippen LogP contribution >= 0.6 is 0 Å². The summed E-state index contributed by atoms with van der Waals surface area (Å²) in [6.07, 6.45) is 2.24. The molecule has 70 heavy (non-hydrogen) atoms. The van der Waals surface area contributed by atoms with Gasteiger partial charge in [-0.1, -0.05) is 81.7 Å². The predicted octanol–water partition coefficient (Wildman–Crippen LogP) is 5.37. The Bertz CT molecular complexity index is 2780. The zero-order chi connectivity index (χ0) is 49.9. The Kier molecular flexibility index (Phi) is 26.2. The van der Waals surface area contributed by atoms with Crippen molar-refractivity contribution in [2.75, 3.05) is 13.2 Å². The molecule has 10 heteroatoms. The lowest BCUT2D eigenvalue weighted by atomic mass is 9.97. The number of aliphatic hydroxyl groups is 2. The third-order valence-corrected chi connectivity index (χ3v) is 10.1. The Morgan fingerprint density at radius 1 is 0.671 bits per heavy atom. The molecule has 0 saturated carbocycles. The molecule has 0 bridgehead atoms. The first-order chi connectivity index (χ1) is 34.2. The molecule has 1 aromatic carbocycles. The van der Waals surface area contributed by atoms with E-state index in [2.05, 4.69) is 161 Å². The fourth-order valence-corrected chi connectivity index (χ4v) is 6.95. The van der Waals surface area contributed by atoms with Crippen LogP contribution in [0.3, 0.4) is 0 Å². The van der Waals surface area contributed by atoms with Crippen LogP contribution in [0.1, 0.15) is 110 Å². The fraction of sp³-hybridized carbons (Fsp3) is 0.450. The predicted molar refractivity (Wildman–Crippen MR) is 264 cm³/mol. The van der Waals surface area contributed by atoms with Crippen molar-refractivity contribution >= 4 is 5.97 Å². The Morgan fingerprint density at radius 2 is 1.20 bits per heavy atom. The molecule has 3 fully saturated rings. The maximum atomic E-state index is 13.2. The third-order valence-electron chi connectivity index (χ3n) is 10.1. The van der Waals surface area contributed by atoms with Crippen LogP contribution in [-0.4, -0.2) is 84.2 Å². The second-order valence-electron chi connectivity index (χ2n) is 15.9. The van der Waals surface area contributed by atoms with E-state index in [4.69, 9.17) is 33.2 Å². The fourth-order valence-electron chi connectivity index (χ4n) is 6.95. The summed E-state index contributed by atoms with van der Waals surface area (Å²) in [5.41, 5.74) is 0.763. The van der Waals surface area contributed by atoms with Crippen molar-refractivity contribution in [2.24, 2.45) is 0 Å². The molecule has 0 amide bonds. The van der Waals surface area contributed by atoms with Gasteiger partial charge in [0, 0.05) is 59.8 Å². The van der Waals surface area contributed by atoms with Crippen LogP contribution in [0.15, 0.2) is 30.3 Å². The summed E-state index contributed by atoms with van der Waals surface area (Å²) in [6.45, 7) is 7.24. The number of ether oxygens (including phenoxy) is 7. The number of carbonyl (C=O) groups excluding carboxylic acids is 1. The summed E-state index contributed by atoms with van der Waals surface area (Å²) in [4.78, 5) is 13.2. The number of carbonyl (C=O) groups is 1. The van der Waals surface area contributed by atoms with E-state index in [-0.39, 0.29) is 13.2 Å². The second-order valence-corrected chi connectivity index (χ2v) is 15.9. The van der Waals surface area contributed by atoms with Crippen LogP contribution in [0.2, 0.25) is 0 Å². The first-order valence-corrected chi connectivity index (χ1v) is 23.1. The average molecular weight is 935 g/mol. The van der Waals surface area contributed by atoms with Crippen LogP contribution in [0.25, 0.3) is 0 Å². The first-order valence-electron chi connectivity index (χ1n) is 23.1. The van der Waals surface area contributed by atoms with E-state index in [0.717, 1.165) is 50.5 Å². The Morgan fingerprint density at radius 3 is 1.76 bits per heavy atom. The van der Waals surface area contributed by atoms with Crippen LogP contribution in [0.4, 0.5) is 0 Å². The van der Waals surface area contributed by atoms with E-state index >= 15 is 0 Å². The van der Waals surface area contributed by atoms with Crippen LogP contribution < -0.4 is 0 Å². The van der Waals surface area contributed by atoms with Gasteiger partial charge in [0.25, 0.3) is 0 Å². The molecule has 1 aromatic rings. The van der Waals surface area contributed by atoms with Gasteiger partial charge < -0.3 is 43.4 Å². The SMILES string of the molecule is CC#CC#CC#CC#CC#CC#CC#CC#CC#CC#CC#CC#CC(=O)O[C@@H](COC1OC2COC(c3ccccc3)OC2C(O)C1O)[C@@H]1OC(C)(C)O[C@H]1CCCCCCC#CCCCCCC. The number of benzene rings is 1. The van der Waals surface area contributed by atoms with Gasteiger partial charge in [-0.2, -0.15) is 0 Å². The van der Waals surface area contributed by atoms with Crippen molar-refractivity contribution < 1.29 is 48.2 Å². The van der Waals surface area contributed by atoms with Crippen molar-refractivity contribution in [1.29, 1.82) is 0 Å². The highest BCUT2D eigenvalue weighted by Gasteiger charge is 2.51. The summed E-state index contributed by atoms with van der Waals surface area (Å²) >= 11 is 0. The lowest BCUT2D eigenvalue weighted by Gasteiger charge is -2.46. The molecule has 3 aliphatic heterocycles. The molecule has 354 valence electrons. The Labute approximate surface area is 415 Å². The smallest absolute Gasteiger partial charge is 0.385 e. The van der Waals surface area contributed by atoms with Crippen molar-refractivity contribution in [3.63, 3.8) is 0 Å². The van der Waals surface area contributed by atoms with E-state index < -0.39 is 67.1 Å². The Hall–Kier alpha value is -7.35. The lowest BCUT2D eigenvalue weighted by Crippen LogP contribution is -2.62. The molecule has 3 saturated heterocycles. The van der Waals surface area contributed by atoms with Crippen molar-refractivity contribution in [1.82, 2.24) is 0 Å². The number of esters is 1. The molecule has 2 N–H and O–H groups in total. The molecular formula is C60H54O10. The molecule has 3 aliphatic rings. The van der Waals surface area contributed by atoms with Crippen LogP contribution in [-0.2, 0) is 38.0 Å². The van der Waals surface area contributed by atoms with Gasteiger partial charge in [0.1, 0.15) is 30.5 Å². The molecule has 10 nitrogen and oxygen atoms in total. The van der Waals surface area contributed by atoms with Crippen molar-refractivity contribution in [3.05, 3.63) is 35.9 Å². The zero-order valence-corrected chi connectivity index (χ0v) is 39.9. The topological polar surface area (TPSA) is 122 Å². The van der Waals surface area contributed by atoms with Crippen molar-refractivity contribution in [2.45, 2.75) is 159 Å². The van der Waals surface area contributed by atoms with Gasteiger partial charge in [-0.15, -0.1) is 11.8 Å². The molecule has 0 aromatic heterocycles. The van der Waals surface area contributed by atoms with Crippen LogP contribution in [0, 0.1) is 154 Å². The minimum Gasteiger partial charge on any atom is -0.447 e. The number of rotatable bonds is 16. The third kappa shape index (κ3) is 21.7. The quantitative estimate of drug-likeness (QED) is 0.0970. The molecule has 0 aliphatic carbocycles. The summed E-state index contributed by atoms with van der Waals surface area (Å²) in [5, 5.41) is 22.4. The van der Waals surface area contributed by atoms with Crippen LogP contribution in [0.5, 0.6) is 0 Å². The van der Waals surface area contributed by atoms with Crippen molar-refractivity contribution in [3.8, 4) is 154 Å². The van der Waals surface area contributed by atoms with E-state index in [1.165, 1.54) is 19.3 Å². The molecule has 4 rings (SSSR count). The van der Waals surface area contributed by atoms with Gasteiger partial charge in [-0.3, -0.25) is 0 Å². The van der Waals surface area contributed by atoms with Gasteiger partial charge in [0.15, 0.2) is 24.5 Å². The first kappa shape index (κ1) is 55.2. The van der Waals surface area contributed by atoms with Gasteiger partial charge in [-0.25, -0.2) is 4.79 Å². The molecule has 0 radical (unpaired) electrons. The number of hydrogen-bond donors (Lipinski definition) is 2. The maximum absolute atomic E-state index is 13.2. The highest BCUT2D eigenvalue weighted by atomic mass is 16.8. The highest BCUT2D eigenvalue weighted by Crippen LogP contribution is 2.36. The largest absolute Gasteiger partial charge is 0.447 e. The highest BCUT2D eigenvalue weighted by molar-refractivity contribution is 5.89. The maximum Gasteiger partial charge on any atom is 0.385 e. The summed E-state index contributed by atoms with van der Waals surface area (Å²) in [5.74, 6) is 65.0. The number of fused-ring (bicyclic) bond motifs is 1.